The summed E-state index contributed by atoms with van der Waals surface area (Å²) in [7, 11) is 2.52. The van der Waals surface area contributed by atoms with E-state index in [0.29, 0.717) is 5.02 Å². The summed E-state index contributed by atoms with van der Waals surface area (Å²) in [4.78, 5) is 22.7. The lowest BCUT2D eigenvalue weighted by Crippen LogP contribution is -2.10. The van der Waals surface area contributed by atoms with Crippen LogP contribution in [0.1, 0.15) is 12.0 Å². The number of ether oxygens (including phenoxy) is 2. The number of benzene rings is 1. The summed E-state index contributed by atoms with van der Waals surface area (Å²) in [6.07, 6.45) is 4.85. The molecule has 0 bridgehead atoms. The van der Waals surface area contributed by atoms with E-state index in [9.17, 15) is 9.59 Å². The molecule has 0 fully saturated rings. The summed E-state index contributed by atoms with van der Waals surface area (Å²) < 4.78 is 9.14. The molecule has 0 heterocycles. The molecule has 0 saturated heterocycles. The molecule has 5 heteroatoms. The predicted octanol–water partition coefficient (Wildman–Crippen LogP) is 3.02. The zero-order valence-electron chi connectivity index (χ0n) is 11.3. The van der Waals surface area contributed by atoms with Crippen LogP contribution in [0.3, 0.4) is 0 Å². The second kappa shape index (κ2) is 8.17. The number of carbonyl (C=O) groups excluding carboxylic acids is 2. The van der Waals surface area contributed by atoms with E-state index in [-0.39, 0.29) is 12.0 Å². The van der Waals surface area contributed by atoms with Crippen LogP contribution in [-0.2, 0) is 19.1 Å². The number of methoxy groups -OCH3 is 2. The van der Waals surface area contributed by atoms with Crippen molar-refractivity contribution in [2.75, 3.05) is 14.2 Å². The van der Waals surface area contributed by atoms with Crippen LogP contribution in [0.15, 0.2) is 42.0 Å². The number of carbonyl (C=O) groups is 2. The van der Waals surface area contributed by atoms with Gasteiger partial charge in [-0.1, -0.05) is 42.0 Å². The third-order valence-corrected chi connectivity index (χ3v) is 2.72. The first kappa shape index (κ1) is 16.0. The van der Waals surface area contributed by atoms with Gasteiger partial charge in [-0.15, -0.1) is 0 Å². The number of halogens is 1. The Morgan fingerprint density at radius 1 is 1.15 bits per heavy atom. The Morgan fingerprint density at radius 3 is 2.35 bits per heavy atom. The van der Waals surface area contributed by atoms with Crippen molar-refractivity contribution in [3.05, 3.63) is 52.6 Å². The minimum absolute atomic E-state index is 0.131. The molecular weight excluding hydrogens is 280 g/mol. The highest BCUT2D eigenvalue weighted by atomic mass is 35.5. The molecule has 0 unspecified atom stereocenters. The first-order valence-corrected chi connectivity index (χ1v) is 6.22. The van der Waals surface area contributed by atoms with Gasteiger partial charge in [0.1, 0.15) is 0 Å². The largest absolute Gasteiger partial charge is 0.469 e. The van der Waals surface area contributed by atoms with Crippen molar-refractivity contribution in [1.82, 2.24) is 0 Å². The number of rotatable bonds is 5. The van der Waals surface area contributed by atoms with Crippen LogP contribution < -0.4 is 0 Å². The van der Waals surface area contributed by atoms with E-state index in [4.69, 9.17) is 11.6 Å². The van der Waals surface area contributed by atoms with Crippen LogP contribution in [0.25, 0.3) is 6.08 Å². The van der Waals surface area contributed by atoms with Gasteiger partial charge in [0.15, 0.2) is 0 Å². The van der Waals surface area contributed by atoms with E-state index < -0.39 is 11.9 Å². The van der Waals surface area contributed by atoms with Crippen LogP contribution in [0.4, 0.5) is 0 Å². The highest BCUT2D eigenvalue weighted by Gasteiger charge is 2.13. The molecule has 1 rings (SSSR count). The van der Waals surface area contributed by atoms with Crippen LogP contribution >= 0.6 is 11.6 Å². The number of esters is 2. The quantitative estimate of drug-likeness (QED) is 0.476. The van der Waals surface area contributed by atoms with Crippen molar-refractivity contribution >= 4 is 29.6 Å². The van der Waals surface area contributed by atoms with Crippen LogP contribution in [0.5, 0.6) is 0 Å². The van der Waals surface area contributed by atoms with Gasteiger partial charge in [0.2, 0.25) is 0 Å². The lowest BCUT2D eigenvalue weighted by Gasteiger charge is -2.02. The van der Waals surface area contributed by atoms with E-state index in [0.717, 1.165) is 5.56 Å². The Hall–Kier alpha value is -2.07. The molecule has 0 amide bonds. The standard InChI is InChI=1S/C15H15ClO4/c1-19-14(17)10-12(15(18)20-2)5-3-4-11-6-8-13(16)9-7-11/h3-9H,10H2,1-2H3/b4-3+,12-5-. The zero-order valence-corrected chi connectivity index (χ0v) is 12.0. The maximum atomic E-state index is 11.5. The topological polar surface area (TPSA) is 52.6 Å². The summed E-state index contributed by atoms with van der Waals surface area (Å²) in [5.41, 5.74) is 1.15. The van der Waals surface area contributed by atoms with Gasteiger partial charge in [0, 0.05) is 10.6 Å². The van der Waals surface area contributed by atoms with Gasteiger partial charge in [-0.2, -0.15) is 0 Å². The molecule has 0 saturated carbocycles. The summed E-state index contributed by atoms with van der Waals surface area (Å²) >= 11 is 5.78. The van der Waals surface area contributed by atoms with E-state index in [1.807, 2.05) is 12.1 Å². The average molecular weight is 295 g/mol. The normalized spacial score (nSPS) is 11.4. The molecule has 1 aromatic rings. The second-order valence-corrected chi connectivity index (χ2v) is 4.28. The Bertz CT molecular complexity index is 529. The third kappa shape index (κ3) is 5.28. The molecular formula is C15H15ClO4. The minimum Gasteiger partial charge on any atom is -0.469 e. The summed E-state index contributed by atoms with van der Waals surface area (Å²) in [5, 5.41) is 0.652. The monoisotopic (exact) mass is 294 g/mol. The summed E-state index contributed by atoms with van der Waals surface area (Å²) in [6, 6.07) is 7.21. The number of allylic oxidation sites excluding steroid dienone is 2. The molecule has 0 aromatic heterocycles. The lowest BCUT2D eigenvalue weighted by molar-refractivity contribution is -0.143. The third-order valence-electron chi connectivity index (χ3n) is 2.47. The first-order chi connectivity index (χ1) is 9.56. The van der Waals surface area contributed by atoms with Crippen LogP contribution in [-0.4, -0.2) is 26.2 Å². The van der Waals surface area contributed by atoms with Crippen molar-refractivity contribution < 1.29 is 19.1 Å². The van der Waals surface area contributed by atoms with E-state index in [1.165, 1.54) is 20.3 Å². The zero-order chi connectivity index (χ0) is 15.0. The highest BCUT2D eigenvalue weighted by Crippen LogP contribution is 2.11. The number of hydrogen-bond donors (Lipinski definition) is 0. The van der Waals surface area contributed by atoms with Crippen molar-refractivity contribution in [3.63, 3.8) is 0 Å². The molecule has 0 N–H and O–H groups in total. The SMILES string of the molecule is COC(=O)C/C(=C/C=C/c1ccc(Cl)cc1)C(=O)OC. The van der Waals surface area contributed by atoms with Crippen LogP contribution in [0.2, 0.25) is 5.02 Å². The fourth-order valence-corrected chi connectivity index (χ4v) is 1.53. The minimum atomic E-state index is -0.559. The van der Waals surface area contributed by atoms with Gasteiger partial charge in [0.05, 0.1) is 20.6 Å². The van der Waals surface area contributed by atoms with Crippen LogP contribution in [0, 0.1) is 0 Å². The van der Waals surface area contributed by atoms with Gasteiger partial charge < -0.3 is 9.47 Å². The van der Waals surface area contributed by atoms with Gasteiger partial charge in [-0.25, -0.2) is 4.79 Å². The lowest BCUT2D eigenvalue weighted by atomic mass is 10.1. The Balaban J connectivity index is 2.82. The fourth-order valence-electron chi connectivity index (χ4n) is 1.41. The van der Waals surface area contributed by atoms with E-state index in [1.54, 1.807) is 24.3 Å². The van der Waals surface area contributed by atoms with Crippen molar-refractivity contribution in [1.29, 1.82) is 0 Å². The second-order valence-electron chi connectivity index (χ2n) is 3.85. The molecule has 0 radical (unpaired) electrons. The smallest absolute Gasteiger partial charge is 0.334 e. The van der Waals surface area contributed by atoms with Crippen molar-refractivity contribution in [2.24, 2.45) is 0 Å². The molecule has 4 nitrogen and oxygen atoms in total. The van der Waals surface area contributed by atoms with Gasteiger partial charge in [-0.05, 0) is 17.7 Å². The molecule has 0 atom stereocenters. The maximum Gasteiger partial charge on any atom is 0.334 e. The molecule has 20 heavy (non-hydrogen) atoms. The van der Waals surface area contributed by atoms with Gasteiger partial charge >= 0.3 is 11.9 Å². The van der Waals surface area contributed by atoms with E-state index in [2.05, 4.69) is 9.47 Å². The highest BCUT2D eigenvalue weighted by molar-refractivity contribution is 6.30. The first-order valence-electron chi connectivity index (χ1n) is 5.84. The molecule has 0 aliphatic carbocycles. The Labute approximate surface area is 122 Å². The summed E-state index contributed by atoms with van der Waals surface area (Å²) in [6.45, 7) is 0. The van der Waals surface area contributed by atoms with Gasteiger partial charge in [-0.3, -0.25) is 4.79 Å². The molecule has 106 valence electrons. The molecule has 1 aromatic carbocycles. The molecule has 0 aliphatic rings. The molecule has 0 spiro atoms. The van der Waals surface area contributed by atoms with Crippen molar-refractivity contribution in [2.45, 2.75) is 6.42 Å². The molecule has 0 aliphatic heterocycles. The maximum absolute atomic E-state index is 11.5. The fraction of sp³-hybridized carbons (Fsp3) is 0.200. The van der Waals surface area contributed by atoms with Crippen molar-refractivity contribution in [3.8, 4) is 0 Å². The number of hydrogen-bond acceptors (Lipinski definition) is 4. The predicted molar refractivity (Wildman–Crippen MR) is 77.2 cm³/mol. The van der Waals surface area contributed by atoms with Gasteiger partial charge in [0.25, 0.3) is 0 Å². The Morgan fingerprint density at radius 2 is 1.80 bits per heavy atom. The Kier molecular flexibility index (Phi) is 6.53. The summed E-state index contributed by atoms with van der Waals surface area (Å²) in [5.74, 6) is -1.06. The average Bonchev–Trinajstić information content (AvgIpc) is 2.47. The van der Waals surface area contributed by atoms with E-state index >= 15 is 0 Å².